The average Bonchev–Trinajstić information content (AvgIpc) is 2.99. The number of fused-ring (bicyclic) bond motifs is 1. The van der Waals surface area contributed by atoms with Crippen molar-refractivity contribution in [1.29, 1.82) is 0 Å². The molecule has 2 amide bonds. The van der Waals surface area contributed by atoms with Gasteiger partial charge >= 0.3 is 0 Å². The first-order chi connectivity index (χ1) is 14.0. The molecule has 29 heavy (non-hydrogen) atoms. The van der Waals surface area contributed by atoms with E-state index in [-0.39, 0.29) is 23.5 Å². The van der Waals surface area contributed by atoms with Crippen molar-refractivity contribution < 1.29 is 18.7 Å². The van der Waals surface area contributed by atoms with E-state index in [0.29, 0.717) is 35.6 Å². The second-order valence-electron chi connectivity index (χ2n) is 7.12. The van der Waals surface area contributed by atoms with Crippen LogP contribution in [-0.4, -0.2) is 23.3 Å². The quantitative estimate of drug-likeness (QED) is 0.530. The monoisotopic (exact) mass is 389 g/mol. The molecule has 0 aromatic heterocycles. The van der Waals surface area contributed by atoms with Gasteiger partial charge in [0.05, 0.1) is 11.1 Å². The SMILES string of the molecule is CC(CCN1C(=O)c2ccccc2C1=O)c1ccc(Oc2ccc(F)cc2)cc1. The van der Waals surface area contributed by atoms with Gasteiger partial charge < -0.3 is 4.74 Å². The van der Waals surface area contributed by atoms with Gasteiger partial charge in [-0.05, 0) is 66.4 Å². The number of imide groups is 1. The number of carbonyl (C=O) groups excluding carboxylic acids is 2. The van der Waals surface area contributed by atoms with Crippen molar-refractivity contribution in [2.45, 2.75) is 19.3 Å². The number of nitrogens with zero attached hydrogens (tertiary/aromatic N) is 1. The summed E-state index contributed by atoms with van der Waals surface area (Å²) in [5.74, 6) is 0.645. The third-order valence-electron chi connectivity index (χ3n) is 5.16. The van der Waals surface area contributed by atoms with Crippen LogP contribution in [0.25, 0.3) is 0 Å². The summed E-state index contributed by atoms with van der Waals surface area (Å²) < 4.78 is 18.7. The van der Waals surface area contributed by atoms with Crippen LogP contribution >= 0.6 is 0 Å². The summed E-state index contributed by atoms with van der Waals surface area (Å²) in [5, 5.41) is 0. The van der Waals surface area contributed by atoms with E-state index in [9.17, 15) is 14.0 Å². The summed E-state index contributed by atoms with van der Waals surface area (Å²) >= 11 is 0. The Morgan fingerprint density at radius 3 is 1.90 bits per heavy atom. The molecule has 0 saturated carbocycles. The van der Waals surface area contributed by atoms with E-state index in [0.717, 1.165) is 5.56 Å². The summed E-state index contributed by atoms with van der Waals surface area (Å²) in [4.78, 5) is 26.2. The number of hydrogen-bond donors (Lipinski definition) is 0. The van der Waals surface area contributed by atoms with Crippen molar-refractivity contribution in [1.82, 2.24) is 4.90 Å². The Morgan fingerprint density at radius 1 is 0.828 bits per heavy atom. The van der Waals surface area contributed by atoms with Gasteiger partial charge in [0.15, 0.2) is 0 Å². The molecule has 1 aliphatic heterocycles. The summed E-state index contributed by atoms with van der Waals surface area (Å²) in [6, 6.07) is 20.4. The third-order valence-corrected chi connectivity index (χ3v) is 5.16. The van der Waals surface area contributed by atoms with Crippen LogP contribution < -0.4 is 4.74 Å². The summed E-state index contributed by atoms with van der Waals surface area (Å²) in [6.07, 6.45) is 0.670. The summed E-state index contributed by atoms with van der Waals surface area (Å²) in [7, 11) is 0. The van der Waals surface area contributed by atoms with Gasteiger partial charge in [-0.2, -0.15) is 0 Å². The van der Waals surface area contributed by atoms with Crippen LogP contribution in [0, 0.1) is 5.82 Å². The first-order valence-corrected chi connectivity index (χ1v) is 9.51. The van der Waals surface area contributed by atoms with Gasteiger partial charge in [0.2, 0.25) is 0 Å². The Kier molecular flexibility index (Phi) is 5.12. The van der Waals surface area contributed by atoms with Gasteiger partial charge in [-0.1, -0.05) is 31.2 Å². The van der Waals surface area contributed by atoms with E-state index in [4.69, 9.17) is 4.74 Å². The molecule has 0 aliphatic carbocycles. The fraction of sp³-hybridized carbons (Fsp3) is 0.167. The van der Waals surface area contributed by atoms with Gasteiger partial charge in [0, 0.05) is 6.54 Å². The van der Waals surface area contributed by atoms with Gasteiger partial charge in [0.25, 0.3) is 11.8 Å². The lowest BCUT2D eigenvalue weighted by atomic mass is 9.97. The Hall–Kier alpha value is -3.47. The topological polar surface area (TPSA) is 46.6 Å². The number of ether oxygens (including phenoxy) is 1. The minimum Gasteiger partial charge on any atom is -0.457 e. The molecule has 146 valence electrons. The summed E-state index contributed by atoms with van der Waals surface area (Å²) in [5.41, 5.74) is 2.05. The molecule has 0 saturated heterocycles. The Morgan fingerprint density at radius 2 is 1.34 bits per heavy atom. The van der Waals surface area contributed by atoms with E-state index in [1.165, 1.54) is 17.0 Å². The van der Waals surface area contributed by atoms with Crippen LogP contribution in [0.1, 0.15) is 45.5 Å². The van der Waals surface area contributed by atoms with Crippen LogP contribution in [0.3, 0.4) is 0 Å². The van der Waals surface area contributed by atoms with Crippen molar-refractivity contribution in [3.63, 3.8) is 0 Å². The zero-order valence-corrected chi connectivity index (χ0v) is 16.0. The summed E-state index contributed by atoms with van der Waals surface area (Å²) in [6.45, 7) is 2.44. The maximum absolute atomic E-state index is 13.0. The molecule has 4 rings (SSSR count). The highest BCUT2D eigenvalue weighted by atomic mass is 19.1. The number of hydrogen-bond acceptors (Lipinski definition) is 3. The number of benzene rings is 3. The maximum Gasteiger partial charge on any atom is 0.261 e. The minimum absolute atomic E-state index is 0.166. The molecule has 0 spiro atoms. The van der Waals surface area contributed by atoms with Gasteiger partial charge in [0.1, 0.15) is 17.3 Å². The Bertz CT molecular complexity index is 1010. The van der Waals surface area contributed by atoms with Crippen LogP contribution in [-0.2, 0) is 0 Å². The van der Waals surface area contributed by atoms with Gasteiger partial charge in [-0.25, -0.2) is 4.39 Å². The Labute approximate surface area is 168 Å². The van der Waals surface area contributed by atoms with Gasteiger partial charge in [-0.15, -0.1) is 0 Å². The molecule has 0 N–H and O–H groups in total. The van der Waals surface area contributed by atoms with Crippen LogP contribution in [0.2, 0.25) is 0 Å². The van der Waals surface area contributed by atoms with Crippen LogP contribution in [0.4, 0.5) is 4.39 Å². The highest BCUT2D eigenvalue weighted by Gasteiger charge is 2.34. The molecule has 1 atom stereocenters. The molecule has 0 fully saturated rings. The first kappa shape index (κ1) is 18.9. The molecule has 1 aliphatic rings. The number of rotatable bonds is 6. The lowest BCUT2D eigenvalue weighted by Crippen LogP contribution is -2.31. The largest absolute Gasteiger partial charge is 0.457 e. The molecule has 1 heterocycles. The second-order valence-corrected chi connectivity index (χ2v) is 7.12. The van der Waals surface area contributed by atoms with Crippen LogP contribution in [0.15, 0.2) is 72.8 Å². The van der Waals surface area contributed by atoms with Crippen LogP contribution in [0.5, 0.6) is 11.5 Å². The molecule has 3 aromatic rings. The van der Waals surface area contributed by atoms with Crippen molar-refractivity contribution in [3.05, 3.63) is 95.3 Å². The minimum atomic E-state index is -0.306. The lowest BCUT2D eigenvalue weighted by molar-refractivity contribution is 0.0650. The zero-order valence-electron chi connectivity index (χ0n) is 16.0. The highest BCUT2D eigenvalue weighted by Crippen LogP contribution is 2.28. The predicted molar refractivity (Wildman–Crippen MR) is 108 cm³/mol. The molecule has 5 heteroatoms. The van der Waals surface area contributed by atoms with E-state index in [1.807, 2.05) is 24.3 Å². The molecule has 4 nitrogen and oxygen atoms in total. The van der Waals surface area contributed by atoms with Crippen molar-refractivity contribution in [3.8, 4) is 11.5 Å². The Balaban J connectivity index is 1.37. The molecule has 1 unspecified atom stereocenters. The molecule has 0 bridgehead atoms. The smallest absolute Gasteiger partial charge is 0.261 e. The fourth-order valence-electron chi connectivity index (χ4n) is 3.43. The van der Waals surface area contributed by atoms with E-state index in [1.54, 1.807) is 36.4 Å². The number of halogens is 1. The average molecular weight is 389 g/mol. The molecule has 0 radical (unpaired) electrons. The van der Waals surface area contributed by atoms with Crippen molar-refractivity contribution in [2.24, 2.45) is 0 Å². The van der Waals surface area contributed by atoms with E-state index >= 15 is 0 Å². The molecular weight excluding hydrogens is 369 g/mol. The van der Waals surface area contributed by atoms with Crippen molar-refractivity contribution in [2.75, 3.05) is 6.54 Å². The predicted octanol–water partition coefficient (Wildman–Crippen LogP) is 5.41. The standard InChI is InChI=1S/C24H20FNO3/c1-16(14-15-26-23(27)21-4-2-3-5-22(21)24(26)28)17-6-10-19(11-7-17)29-20-12-8-18(25)9-13-20/h2-13,16H,14-15H2,1H3. The lowest BCUT2D eigenvalue weighted by Gasteiger charge is -2.18. The van der Waals surface area contributed by atoms with Crippen molar-refractivity contribution >= 4 is 11.8 Å². The third kappa shape index (κ3) is 3.90. The number of amides is 2. The molecular formula is C24H20FNO3. The van der Waals surface area contributed by atoms with E-state index < -0.39 is 0 Å². The second kappa shape index (κ2) is 7.87. The zero-order chi connectivity index (χ0) is 20.4. The first-order valence-electron chi connectivity index (χ1n) is 9.51. The fourth-order valence-corrected chi connectivity index (χ4v) is 3.43. The van der Waals surface area contributed by atoms with E-state index in [2.05, 4.69) is 6.92 Å². The normalized spacial score (nSPS) is 14.1. The number of carbonyl (C=O) groups is 2. The van der Waals surface area contributed by atoms with Gasteiger partial charge in [-0.3, -0.25) is 14.5 Å². The molecule has 3 aromatic carbocycles. The highest BCUT2D eigenvalue weighted by molar-refractivity contribution is 6.21. The maximum atomic E-state index is 13.0.